The monoisotopic (exact) mass is 300 g/mol. The fourth-order valence-corrected chi connectivity index (χ4v) is 0.990. The quantitative estimate of drug-likeness (QED) is 0.641. The molecule has 0 spiro atoms. The maximum Gasteiger partial charge on any atom is 0.216 e. The van der Waals surface area contributed by atoms with Gasteiger partial charge in [0.2, 0.25) is 5.91 Å². The Hall–Kier alpha value is -0.720. The summed E-state index contributed by atoms with van der Waals surface area (Å²) in [6.07, 6.45) is -1.77. The lowest BCUT2D eigenvalue weighted by atomic mass is 10.2. The molecule has 0 saturated heterocycles. The molecule has 0 aliphatic heterocycles. The maximum absolute atomic E-state index is 13.3. The Labute approximate surface area is 126 Å². The molecule has 0 fully saturated rings. The zero-order valence-electron chi connectivity index (χ0n) is 13.9. The van der Waals surface area contributed by atoms with Crippen LogP contribution in [0.5, 0.6) is 0 Å². The highest BCUT2D eigenvalue weighted by Crippen LogP contribution is 2.02. The van der Waals surface area contributed by atoms with Gasteiger partial charge in [0.1, 0.15) is 6.17 Å². The highest BCUT2D eigenvalue weighted by atomic mass is 19.1. The molecule has 0 bridgehead atoms. The second kappa shape index (κ2) is 20.6. The van der Waals surface area contributed by atoms with Crippen LogP contribution in [-0.2, 0) is 14.3 Å². The predicted molar refractivity (Wildman–Crippen MR) is 85.8 cm³/mol. The summed E-state index contributed by atoms with van der Waals surface area (Å²) in [6.45, 7) is 12.6. The summed E-state index contributed by atoms with van der Waals surface area (Å²) < 4.78 is 23.6. The number of hydrogen-bond donors (Lipinski definition) is 2. The van der Waals surface area contributed by atoms with Crippen molar-refractivity contribution in [3.05, 3.63) is 0 Å². The third-order valence-corrected chi connectivity index (χ3v) is 1.93. The molecular formula is C14H37FN2O3. The number of alkyl halides is 1. The summed E-state index contributed by atoms with van der Waals surface area (Å²) in [5.74, 6) is -0.249. The van der Waals surface area contributed by atoms with Gasteiger partial charge in [0.05, 0.1) is 32.5 Å². The fraction of sp³-hybridized carbons (Fsp3) is 0.929. The van der Waals surface area contributed by atoms with E-state index in [1.165, 1.54) is 6.92 Å². The van der Waals surface area contributed by atoms with Crippen molar-refractivity contribution in [3.63, 3.8) is 0 Å². The Balaban J connectivity index is -0.000000147. The fourth-order valence-electron chi connectivity index (χ4n) is 0.990. The number of rotatable bonds is 9. The second-order valence-corrected chi connectivity index (χ2v) is 3.43. The van der Waals surface area contributed by atoms with Crippen molar-refractivity contribution >= 4 is 5.91 Å². The predicted octanol–water partition coefficient (Wildman–Crippen LogP) is 2.39. The highest BCUT2D eigenvalue weighted by Gasteiger charge is 2.16. The van der Waals surface area contributed by atoms with Gasteiger partial charge in [-0.3, -0.25) is 4.79 Å². The Morgan fingerprint density at radius 2 is 1.80 bits per heavy atom. The number of hydrogen-bond acceptors (Lipinski definition) is 4. The molecule has 0 heterocycles. The molecule has 0 radical (unpaired) electrons. The van der Waals surface area contributed by atoms with Crippen molar-refractivity contribution in [1.82, 2.24) is 5.32 Å². The molecule has 128 valence electrons. The van der Waals surface area contributed by atoms with E-state index in [0.29, 0.717) is 26.4 Å². The van der Waals surface area contributed by atoms with Gasteiger partial charge in [0.25, 0.3) is 0 Å². The van der Waals surface area contributed by atoms with Gasteiger partial charge in [-0.25, -0.2) is 4.39 Å². The molecule has 0 aliphatic rings. The minimum absolute atomic E-state index is 0. The normalized spacial score (nSPS) is 12.2. The first-order chi connectivity index (χ1) is 9.57. The number of carbonyl (C=O) groups excluding carboxylic acids is 1. The first-order valence-corrected chi connectivity index (χ1v) is 7.35. The minimum Gasteiger partial charge on any atom is -0.378 e. The van der Waals surface area contributed by atoms with Gasteiger partial charge in [-0.05, 0) is 6.92 Å². The Bertz CT molecular complexity index is 205. The van der Waals surface area contributed by atoms with Crippen molar-refractivity contribution in [2.75, 3.05) is 32.9 Å². The summed E-state index contributed by atoms with van der Waals surface area (Å²) in [7, 11) is 0. The van der Waals surface area contributed by atoms with Crippen LogP contribution in [0.3, 0.4) is 0 Å². The van der Waals surface area contributed by atoms with Crippen molar-refractivity contribution in [2.24, 2.45) is 5.73 Å². The van der Waals surface area contributed by atoms with Gasteiger partial charge < -0.3 is 20.5 Å². The van der Waals surface area contributed by atoms with Crippen molar-refractivity contribution in [2.45, 2.75) is 53.8 Å². The standard InChI is InChI=1S/C10H21FN2O3.2C2H6.2H2/c1-8(10(11)7-13-9(2)14)16-6-5-15-4-3-12;2*1-2;;/h8,10H,3-7,12H2,1-2H3,(H,13,14);2*1-2H3;2*1H. The largest absolute Gasteiger partial charge is 0.378 e. The Morgan fingerprint density at radius 1 is 1.25 bits per heavy atom. The molecule has 1 amide bonds. The molecule has 2 atom stereocenters. The summed E-state index contributed by atoms with van der Waals surface area (Å²) in [6, 6.07) is 0. The van der Waals surface area contributed by atoms with Crippen LogP contribution in [0, 0.1) is 0 Å². The van der Waals surface area contributed by atoms with Gasteiger partial charge in [0, 0.05) is 16.3 Å². The van der Waals surface area contributed by atoms with E-state index >= 15 is 0 Å². The molecule has 0 aromatic carbocycles. The number of amides is 1. The molecule has 3 N–H and O–H groups in total. The minimum atomic E-state index is -1.21. The van der Waals surface area contributed by atoms with E-state index in [2.05, 4.69) is 5.32 Å². The van der Waals surface area contributed by atoms with Crippen LogP contribution < -0.4 is 11.1 Å². The topological polar surface area (TPSA) is 73.6 Å². The van der Waals surface area contributed by atoms with Crippen LogP contribution in [0.4, 0.5) is 4.39 Å². The zero-order valence-corrected chi connectivity index (χ0v) is 13.9. The van der Waals surface area contributed by atoms with Gasteiger partial charge in [-0.2, -0.15) is 0 Å². The summed E-state index contributed by atoms with van der Waals surface area (Å²) >= 11 is 0. The maximum atomic E-state index is 13.3. The molecule has 0 aliphatic carbocycles. The average Bonchev–Trinajstić information content (AvgIpc) is 2.48. The van der Waals surface area contributed by atoms with E-state index in [-0.39, 0.29) is 15.3 Å². The van der Waals surface area contributed by atoms with E-state index in [9.17, 15) is 9.18 Å². The van der Waals surface area contributed by atoms with Gasteiger partial charge in [-0.1, -0.05) is 27.7 Å². The van der Waals surface area contributed by atoms with E-state index in [4.69, 9.17) is 15.2 Å². The van der Waals surface area contributed by atoms with Crippen molar-refractivity contribution in [3.8, 4) is 0 Å². The van der Waals surface area contributed by atoms with Crippen molar-refractivity contribution in [1.29, 1.82) is 0 Å². The zero-order chi connectivity index (χ0) is 16.4. The Morgan fingerprint density at radius 3 is 2.25 bits per heavy atom. The van der Waals surface area contributed by atoms with E-state index in [1.54, 1.807) is 6.92 Å². The average molecular weight is 300 g/mol. The summed E-state index contributed by atoms with van der Waals surface area (Å²) in [4.78, 5) is 10.6. The molecule has 2 unspecified atom stereocenters. The molecule has 0 rings (SSSR count). The number of ether oxygens (including phenoxy) is 2. The first kappa shape index (κ1) is 24.3. The number of nitrogens with two attached hydrogens (primary N) is 1. The summed E-state index contributed by atoms with van der Waals surface area (Å²) in [5.41, 5.74) is 5.22. The second-order valence-electron chi connectivity index (χ2n) is 3.43. The van der Waals surface area contributed by atoms with Crippen LogP contribution in [0.25, 0.3) is 0 Å². The first-order valence-electron chi connectivity index (χ1n) is 7.35. The molecule has 5 nitrogen and oxygen atoms in total. The lowest BCUT2D eigenvalue weighted by Gasteiger charge is -2.17. The molecule has 20 heavy (non-hydrogen) atoms. The molecule has 6 heteroatoms. The van der Waals surface area contributed by atoms with Crippen LogP contribution in [0.15, 0.2) is 0 Å². The lowest BCUT2D eigenvalue weighted by Crippen LogP contribution is -2.35. The number of carbonyl (C=O) groups is 1. The number of nitrogens with one attached hydrogen (secondary N) is 1. The van der Waals surface area contributed by atoms with Gasteiger partial charge in [0.15, 0.2) is 0 Å². The Kier molecular flexibility index (Phi) is 25.0. The van der Waals surface area contributed by atoms with E-state index in [1.807, 2.05) is 27.7 Å². The van der Waals surface area contributed by atoms with E-state index < -0.39 is 12.3 Å². The third-order valence-electron chi connectivity index (χ3n) is 1.93. The van der Waals surface area contributed by atoms with E-state index in [0.717, 1.165) is 0 Å². The smallest absolute Gasteiger partial charge is 0.216 e. The lowest BCUT2D eigenvalue weighted by molar-refractivity contribution is -0.119. The number of halogens is 1. The third kappa shape index (κ3) is 19.6. The molecular weight excluding hydrogens is 263 g/mol. The molecule has 0 aromatic rings. The van der Waals surface area contributed by atoms with Crippen LogP contribution in [-0.4, -0.2) is 51.1 Å². The molecule has 0 saturated carbocycles. The summed E-state index contributed by atoms with van der Waals surface area (Å²) in [5, 5.41) is 2.40. The van der Waals surface area contributed by atoms with Gasteiger partial charge >= 0.3 is 0 Å². The SMILES string of the molecule is CC.CC.CC(=O)NCC(F)C(C)OCCOCCN.[HH].[HH]. The van der Waals surface area contributed by atoms with Gasteiger partial charge in [-0.15, -0.1) is 0 Å². The van der Waals surface area contributed by atoms with Crippen LogP contribution in [0.1, 0.15) is 44.4 Å². The van der Waals surface area contributed by atoms with Crippen LogP contribution in [0.2, 0.25) is 0 Å². The highest BCUT2D eigenvalue weighted by molar-refractivity contribution is 5.72. The van der Waals surface area contributed by atoms with Crippen molar-refractivity contribution < 1.29 is 21.5 Å². The van der Waals surface area contributed by atoms with Crippen LogP contribution >= 0.6 is 0 Å². The molecule has 0 aromatic heterocycles.